The SMILES string of the molecule is CC1CN(C(=O)c2ccccc2)CCN1c1nnc(-n2cccc2)c2ccccc12. The lowest BCUT2D eigenvalue weighted by molar-refractivity contribution is 0.0726. The van der Waals surface area contributed by atoms with Crippen molar-refractivity contribution < 1.29 is 4.79 Å². The number of anilines is 1. The summed E-state index contributed by atoms with van der Waals surface area (Å²) in [5.74, 6) is 1.78. The monoisotopic (exact) mass is 397 g/mol. The molecule has 2 aromatic heterocycles. The Bertz CT molecular complexity index is 1170. The lowest BCUT2D eigenvalue weighted by atomic mass is 10.1. The van der Waals surface area contributed by atoms with E-state index in [1.54, 1.807) is 0 Å². The number of fused-ring (bicyclic) bond motifs is 1. The van der Waals surface area contributed by atoms with Crippen LogP contribution in [-0.4, -0.2) is 51.2 Å². The maximum absolute atomic E-state index is 12.9. The zero-order chi connectivity index (χ0) is 20.5. The summed E-state index contributed by atoms with van der Waals surface area (Å²) in [5.41, 5.74) is 0.736. The fourth-order valence-corrected chi connectivity index (χ4v) is 4.17. The van der Waals surface area contributed by atoms with Gasteiger partial charge < -0.3 is 14.4 Å². The Morgan fingerprint density at radius 3 is 2.17 bits per heavy atom. The number of hydrogen-bond acceptors (Lipinski definition) is 4. The highest BCUT2D eigenvalue weighted by molar-refractivity contribution is 5.97. The fourth-order valence-electron chi connectivity index (χ4n) is 4.17. The Hall–Kier alpha value is -3.67. The molecule has 1 unspecified atom stereocenters. The molecule has 1 aliphatic rings. The molecule has 4 aromatic rings. The van der Waals surface area contributed by atoms with Crippen LogP contribution in [0.3, 0.4) is 0 Å². The van der Waals surface area contributed by atoms with E-state index in [4.69, 9.17) is 0 Å². The topological polar surface area (TPSA) is 54.3 Å². The predicted octanol–water partition coefficient (Wildman–Crippen LogP) is 3.77. The Balaban J connectivity index is 1.44. The van der Waals surface area contributed by atoms with Gasteiger partial charge in [0.2, 0.25) is 0 Å². The second-order valence-corrected chi connectivity index (χ2v) is 7.64. The van der Waals surface area contributed by atoms with Crippen molar-refractivity contribution in [3.8, 4) is 5.82 Å². The van der Waals surface area contributed by atoms with Gasteiger partial charge in [0.15, 0.2) is 11.6 Å². The Morgan fingerprint density at radius 2 is 1.47 bits per heavy atom. The number of aromatic nitrogens is 3. The molecule has 0 radical (unpaired) electrons. The van der Waals surface area contributed by atoms with Crippen molar-refractivity contribution in [1.82, 2.24) is 19.7 Å². The molecule has 6 heteroatoms. The first kappa shape index (κ1) is 18.4. The Labute approximate surface area is 175 Å². The van der Waals surface area contributed by atoms with Crippen LogP contribution in [0.1, 0.15) is 17.3 Å². The molecule has 30 heavy (non-hydrogen) atoms. The number of amides is 1. The number of carbonyl (C=O) groups excluding carboxylic acids is 1. The molecule has 6 nitrogen and oxygen atoms in total. The van der Waals surface area contributed by atoms with Gasteiger partial charge in [-0.05, 0) is 31.2 Å². The molecule has 1 amide bonds. The zero-order valence-corrected chi connectivity index (χ0v) is 16.8. The summed E-state index contributed by atoms with van der Waals surface area (Å²) < 4.78 is 1.99. The minimum absolute atomic E-state index is 0.0843. The second kappa shape index (κ2) is 7.63. The highest BCUT2D eigenvalue weighted by atomic mass is 16.2. The number of benzene rings is 2. The average molecular weight is 397 g/mol. The molecule has 0 spiro atoms. The van der Waals surface area contributed by atoms with E-state index in [0.29, 0.717) is 13.1 Å². The van der Waals surface area contributed by atoms with E-state index in [-0.39, 0.29) is 11.9 Å². The van der Waals surface area contributed by atoms with E-state index in [1.807, 2.05) is 76.5 Å². The molecule has 2 aromatic carbocycles. The van der Waals surface area contributed by atoms with Crippen LogP contribution in [0.25, 0.3) is 16.6 Å². The number of hydrogen-bond donors (Lipinski definition) is 0. The van der Waals surface area contributed by atoms with Gasteiger partial charge in [-0.2, -0.15) is 0 Å². The van der Waals surface area contributed by atoms with Crippen LogP contribution in [0.5, 0.6) is 0 Å². The third kappa shape index (κ3) is 3.20. The van der Waals surface area contributed by atoms with Gasteiger partial charge in [0, 0.05) is 54.4 Å². The minimum atomic E-state index is 0.0843. The summed E-state index contributed by atoms with van der Waals surface area (Å²) in [6.07, 6.45) is 3.96. The third-order valence-electron chi connectivity index (χ3n) is 5.70. The van der Waals surface area contributed by atoms with Gasteiger partial charge in [-0.15, -0.1) is 10.2 Å². The summed E-state index contributed by atoms with van der Waals surface area (Å²) in [4.78, 5) is 17.1. The van der Waals surface area contributed by atoms with Crippen molar-refractivity contribution in [3.05, 3.63) is 84.7 Å². The highest BCUT2D eigenvalue weighted by Gasteiger charge is 2.29. The van der Waals surface area contributed by atoms with Crippen molar-refractivity contribution in [3.63, 3.8) is 0 Å². The molecule has 1 aliphatic heterocycles. The maximum atomic E-state index is 12.9. The van der Waals surface area contributed by atoms with Gasteiger partial charge in [-0.3, -0.25) is 4.79 Å². The van der Waals surface area contributed by atoms with Crippen molar-refractivity contribution in [1.29, 1.82) is 0 Å². The van der Waals surface area contributed by atoms with Crippen LogP contribution in [-0.2, 0) is 0 Å². The van der Waals surface area contributed by atoms with Crippen molar-refractivity contribution in [2.24, 2.45) is 0 Å². The lowest BCUT2D eigenvalue weighted by Crippen LogP contribution is -2.54. The minimum Gasteiger partial charge on any atom is -0.348 e. The van der Waals surface area contributed by atoms with E-state index >= 15 is 0 Å². The van der Waals surface area contributed by atoms with E-state index in [1.165, 1.54) is 0 Å². The smallest absolute Gasteiger partial charge is 0.253 e. The first-order valence-electron chi connectivity index (χ1n) is 10.2. The van der Waals surface area contributed by atoms with Crippen LogP contribution in [0.4, 0.5) is 5.82 Å². The molecule has 1 saturated heterocycles. The lowest BCUT2D eigenvalue weighted by Gasteiger charge is -2.40. The zero-order valence-electron chi connectivity index (χ0n) is 16.8. The largest absolute Gasteiger partial charge is 0.348 e. The quantitative estimate of drug-likeness (QED) is 0.528. The average Bonchev–Trinajstić information content (AvgIpc) is 3.33. The first-order chi connectivity index (χ1) is 14.7. The Morgan fingerprint density at radius 1 is 0.833 bits per heavy atom. The third-order valence-corrected chi connectivity index (χ3v) is 5.70. The number of nitrogens with zero attached hydrogens (tertiary/aromatic N) is 5. The standard InChI is InChI=1S/C24H23N5O/c1-18-17-28(24(30)19-9-3-2-4-10-19)15-16-29(18)23-21-12-6-5-11-20(21)22(25-26-23)27-13-7-8-14-27/h2-14,18H,15-17H2,1H3. The summed E-state index contributed by atoms with van der Waals surface area (Å²) in [6.45, 7) is 4.18. The molecule has 0 aliphatic carbocycles. The molecular weight excluding hydrogens is 374 g/mol. The molecule has 1 fully saturated rings. The van der Waals surface area contributed by atoms with Gasteiger partial charge in [-0.1, -0.05) is 42.5 Å². The van der Waals surface area contributed by atoms with Crippen molar-refractivity contribution in [2.45, 2.75) is 13.0 Å². The molecule has 1 atom stereocenters. The van der Waals surface area contributed by atoms with Crippen LogP contribution in [0, 0.1) is 0 Å². The number of carbonyl (C=O) groups is 1. The molecule has 0 saturated carbocycles. The summed E-state index contributed by atoms with van der Waals surface area (Å²) in [7, 11) is 0. The van der Waals surface area contributed by atoms with Crippen LogP contribution in [0.15, 0.2) is 79.1 Å². The van der Waals surface area contributed by atoms with Gasteiger partial charge in [0.25, 0.3) is 5.91 Å². The number of rotatable bonds is 3. The van der Waals surface area contributed by atoms with E-state index < -0.39 is 0 Å². The van der Waals surface area contributed by atoms with Gasteiger partial charge in [0.1, 0.15) is 0 Å². The van der Waals surface area contributed by atoms with E-state index in [2.05, 4.69) is 34.2 Å². The van der Waals surface area contributed by atoms with Crippen LogP contribution < -0.4 is 4.90 Å². The molecule has 0 bridgehead atoms. The molecule has 5 rings (SSSR count). The molecular formula is C24H23N5O. The van der Waals surface area contributed by atoms with E-state index in [9.17, 15) is 4.79 Å². The van der Waals surface area contributed by atoms with Crippen molar-refractivity contribution in [2.75, 3.05) is 24.5 Å². The van der Waals surface area contributed by atoms with Crippen LogP contribution in [0.2, 0.25) is 0 Å². The normalized spacial score (nSPS) is 16.8. The number of piperazine rings is 1. The molecule has 150 valence electrons. The maximum Gasteiger partial charge on any atom is 0.253 e. The highest BCUT2D eigenvalue weighted by Crippen LogP contribution is 2.30. The summed E-state index contributed by atoms with van der Waals surface area (Å²) in [5, 5.41) is 11.3. The molecule has 0 N–H and O–H groups in total. The van der Waals surface area contributed by atoms with Gasteiger partial charge in [-0.25, -0.2) is 0 Å². The summed E-state index contributed by atoms with van der Waals surface area (Å²) in [6, 6.07) is 21.8. The van der Waals surface area contributed by atoms with Gasteiger partial charge in [0.05, 0.1) is 0 Å². The van der Waals surface area contributed by atoms with E-state index in [0.717, 1.165) is 34.5 Å². The van der Waals surface area contributed by atoms with Gasteiger partial charge >= 0.3 is 0 Å². The Kier molecular flexibility index (Phi) is 4.67. The van der Waals surface area contributed by atoms with Crippen molar-refractivity contribution >= 4 is 22.5 Å². The molecule has 3 heterocycles. The second-order valence-electron chi connectivity index (χ2n) is 7.64. The fraction of sp³-hybridized carbons (Fsp3) is 0.208. The predicted molar refractivity (Wildman–Crippen MR) is 118 cm³/mol. The first-order valence-corrected chi connectivity index (χ1v) is 10.2. The summed E-state index contributed by atoms with van der Waals surface area (Å²) >= 11 is 0. The van der Waals surface area contributed by atoms with Crippen LogP contribution >= 0.6 is 0 Å².